The molecule has 0 saturated heterocycles. The van der Waals surface area contributed by atoms with E-state index >= 15 is 0 Å². The Morgan fingerprint density at radius 3 is 1.56 bits per heavy atom. The summed E-state index contributed by atoms with van der Waals surface area (Å²) in [6.45, 7) is 17.9. The van der Waals surface area contributed by atoms with Crippen molar-refractivity contribution in [2.75, 3.05) is 0 Å². The van der Waals surface area contributed by atoms with Crippen LogP contribution in [0.15, 0.2) is 0 Å². The molecule has 0 atom stereocenters. The minimum absolute atomic E-state index is 0.358. The number of hydrogen-bond acceptors (Lipinski definition) is 2. The van der Waals surface area contributed by atoms with E-state index in [2.05, 4.69) is 54.6 Å². The highest BCUT2D eigenvalue weighted by atomic mass is 28.4. The third-order valence-electron chi connectivity index (χ3n) is 3.51. The van der Waals surface area contributed by atoms with Gasteiger partial charge < -0.3 is 8.85 Å². The predicted molar refractivity (Wildman–Crippen MR) is 86.3 cm³/mol. The molecule has 0 aromatic carbocycles. The monoisotopic (exact) mass is 290 g/mol. The van der Waals surface area contributed by atoms with Gasteiger partial charge in [0, 0.05) is 12.2 Å². The molecule has 0 rings (SSSR count). The summed E-state index contributed by atoms with van der Waals surface area (Å²) >= 11 is 0. The Morgan fingerprint density at radius 2 is 1.22 bits per heavy atom. The molecule has 0 aromatic rings. The predicted octanol–water partition coefficient (Wildman–Crippen LogP) is 5.03. The minimum atomic E-state index is -1.51. The maximum Gasteiger partial charge on any atom is 0.192 e. The Balaban J connectivity index is 4.51. The second kappa shape index (κ2) is 7.83. The zero-order valence-corrected chi connectivity index (χ0v) is 15.8. The normalized spacial score (nSPS) is 13.7. The van der Waals surface area contributed by atoms with E-state index in [0.29, 0.717) is 12.2 Å². The van der Waals surface area contributed by atoms with Gasteiger partial charge in [0.05, 0.1) is 0 Å². The van der Waals surface area contributed by atoms with Crippen LogP contribution in [-0.2, 0) is 8.85 Å². The van der Waals surface area contributed by atoms with Crippen LogP contribution < -0.4 is 0 Å². The van der Waals surface area contributed by atoms with E-state index in [9.17, 15) is 0 Å². The van der Waals surface area contributed by atoms with Gasteiger partial charge in [0.25, 0.3) is 0 Å². The highest BCUT2D eigenvalue weighted by Crippen LogP contribution is 2.29. The Bertz CT molecular complexity index is 224. The molecule has 0 aromatic heterocycles. The summed E-state index contributed by atoms with van der Waals surface area (Å²) in [6, 6.07) is 4.97. The van der Waals surface area contributed by atoms with E-state index < -0.39 is 16.6 Å². The SMILES string of the molecule is CC[Si](CC)(CC[Si](C)(C)OC(C)C)OC(C)C. The van der Waals surface area contributed by atoms with Crippen LogP contribution in [0.4, 0.5) is 0 Å². The van der Waals surface area contributed by atoms with E-state index in [1.807, 2.05) is 0 Å². The molecule has 0 amide bonds. The van der Waals surface area contributed by atoms with E-state index in [-0.39, 0.29) is 0 Å². The maximum atomic E-state index is 6.34. The lowest BCUT2D eigenvalue weighted by atomic mass is 10.5. The van der Waals surface area contributed by atoms with Gasteiger partial charge in [-0.05, 0) is 65.0 Å². The Labute approximate surface area is 117 Å². The lowest BCUT2D eigenvalue weighted by Crippen LogP contribution is -2.42. The molecule has 0 bridgehead atoms. The topological polar surface area (TPSA) is 18.5 Å². The molecule has 0 aliphatic carbocycles. The highest BCUT2D eigenvalue weighted by Gasteiger charge is 2.35. The van der Waals surface area contributed by atoms with Crippen LogP contribution in [0.25, 0.3) is 0 Å². The van der Waals surface area contributed by atoms with Crippen LogP contribution in [0.1, 0.15) is 41.5 Å². The second-order valence-electron chi connectivity index (χ2n) is 6.48. The molecule has 0 aliphatic rings. The average molecular weight is 291 g/mol. The lowest BCUT2D eigenvalue weighted by molar-refractivity contribution is 0.220. The van der Waals surface area contributed by atoms with Crippen molar-refractivity contribution in [2.24, 2.45) is 0 Å². The Hall–Kier alpha value is 0.354. The van der Waals surface area contributed by atoms with Gasteiger partial charge in [-0.1, -0.05) is 13.8 Å². The van der Waals surface area contributed by atoms with Gasteiger partial charge in [-0.2, -0.15) is 0 Å². The minimum Gasteiger partial charge on any atom is -0.415 e. The number of hydrogen-bond donors (Lipinski definition) is 0. The summed E-state index contributed by atoms with van der Waals surface area (Å²) in [4.78, 5) is 0. The first-order valence-corrected chi connectivity index (χ1v) is 13.2. The fraction of sp³-hybridized carbons (Fsp3) is 1.00. The molecule has 0 heterocycles. The first kappa shape index (κ1) is 18.4. The zero-order chi connectivity index (χ0) is 14.4. The molecule has 0 spiro atoms. The summed E-state index contributed by atoms with van der Waals surface area (Å²) in [5, 5.41) is 0. The van der Waals surface area contributed by atoms with Gasteiger partial charge in [0.1, 0.15) is 0 Å². The summed E-state index contributed by atoms with van der Waals surface area (Å²) in [7, 11) is -3.02. The van der Waals surface area contributed by atoms with E-state index in [1.165, 1.54) is 24.2 Å². The van der Waals surface area contributed by atoms with Gasteiger partial charge >= 0.3 is 0 Å². The molecular weight excluding hydrogens is 256 g/mol. The lowest BCUT2D eigenvalue weighted by Gasteiger charge is -2.35. The van der Waals surface area contributed by atoms with Crippen molar-refractivity contribution in [3.8, 4) is 0 Å². The van der Waals surface area contributed by atoms with Gasteiger partial charge in [-0.25, -0.2) is 0 Å². The molecule has 0 aliphatic heterocycles. The largest absolute Gasteiger partial charge is 0.415 e. The summed E-state index contributed by atoms with van der Waals surface area (Å²) in [6.07, 6.45) is 0.726. The van der Waals surface area contributed by atoms with Crippen molar-refractivity contribution in [2.45, 2.75) is 91.0 Å². The first-order valence-electron chi connectivity index (χ1n) is 7.52. The van der Waals surface area contributed by atoms with Crippen LogP contribution in [0.5, 0.6) is 0 Å². The second-order valence-corrected chi connectivity index (χ2v) is 15.3. The number of rotatable bonds is 9. The van der Waals surface area contributed by atoms with Crippen molar-refractivity contribution in [1.29, 1.82) is 0 Å². The molecule has 0 radical (unpaired) electrons. The highest BCUT2D eigenvalue weighted by molar-refractivity contribution is 6.78. The average Bonchev–Trinajstić information content (AvgIpc) is 2.22. The van der Waals surface area contributed by atoms with E-state index in [0.717, 1.165) is 0 Å². The fourth-order valence-corrected chi connectivity index (χ4v) is 10.8. The molecule has 0 saturated carbocycles. The van der Waals surface area contributed by atoms with Crippen molar-refractivity contribution >= 4 is 16.6 Å². The maximum absolute atomic E-state index is 6.34. The molecule has 0 fully saturated rings. The van der Waals surface area contributed by atoms with Crippen LogP contribution in [0, 0.1) is 0 Å². The quantitative estimate of drug-likeness (QED) is 0.555. The summed E-state index contributed by atoms with van der Waals surface area (Å²) in [5.41, 5.74) is 0. The third-order valence-corrected chi connectivity index (χ3v) is 11.3. The molecular formula is C14H34O2Si2. The summed E-state index contributed by atoms with van der Waals surface area (Å²) < 4.78 is 12.5. The smallest absolute Gasteiger partial charge is 0.192 e. The van der Waals surface area contributed by atoms with Crippen LogP contribution >= 0.6 is 0 Å². The van der Waals surface area contributed by atoms with Gasteiger partial charge in [-0.3, -0.25) is 0 Å². The van der Waals surface area contributed by atoms with Crippen LogP contribution in [0.2, 0.25) is 37.3 Å². The zero-order valence-electron chi connectivity index (χ0n) is 13.8. The third kappa shape index (κ3) is 7.07. The van der Waals surface area contributed by atoms with Crippen LogP contribution in [0.3, 0.4) is 0 Å². The molecule has 0 N–H and O–H groups in total. The Kier molecular flexibility index (Phi) is 7.98. The molecule has 110 valence electrons. The van der Waals surface area contributed by atoms with Crippen molar-refractivity contribution < 1.29 is 8.85 Å². The molecule has 0 unspecified atom stereocenters. The Morgan fingerprint density at radius 1 is 0.778 bits per heavy atom. The van der Waals surface area contributed by atoms with E-state index in [1.54, 1.807) is 0 Å². The van der Waals surface area contributed by atoms with Gasteiger partial charge in [-0.15, -0.1) is 0 Å². The molecule has 2 nitrogen and oxygen atoms in total. The van der Waals surface area contributed by atoms with Crippen LogP contribution in [-0.4, -0.2) is 28.8 Å². The van der Waals surface area contributed by atoms with Gasteiger partial charge in [0.15, 0.2) is 16.6 Å². The molecule has 4 heteroatoms. The standard InChI is InChI=1S/C14H34O2Si2/c1-9-18(10-2,16-14(5)6)12-11-17(7,8)15-13(3)4/h13-14H,9-12H2,1-8H3. The molecule has 18 heavy (non-hydrogen) atoms. The first-order chi connectivity index (χ1) is 8.16. The fourth-order valence-electron chi connectivity index (χ4n) is 2.55. The van der Waals surface area contributed by atoms with E-state index in [4.69, 9.17) is 8.85 Å². The van der Waals surface area contributed by atoms with Crippen molar-refractivity contribution in [3.05, 3.63) is 0 Å². The summed E-state index contributed by atoms with van der Waals surface area (Å²) in [5.74, 6) is 0. The van der Waals surface area contributed by atoms with Crippen molar-refractivity contribution in [1.82, 2.24) is 0 Å². The van der Waals surface area contributed by atoms with Gasteiger partial charge in [0.2, 0.25) is 0 Å². The van der Waals surface area contributed by atoms with Crippen molar-refractivity contribution in [3.63, 3.8) is 0 Å².